The molecule has 1 fully saturated rings. The maximum absolute atomic E-state index is 11.7. The molecule has 1 aliphatic rings. The molecule has 1 N–H and O–H groups in total. The van der Waals surface area contributed by atoms with Gasteiger partial charge >= 0.3 is 5.97 Å². The number of hydrogen-bond acceptors (Lipinski definition) is 5. The minimum Gasteiger partial charge on any atom is -0.492 e. The van der Waals surface area contributed by atoms with Crippen LogP contribution in [0.2, 0.25) is 5.02 Å². The van der Waals surface area contributed by atoms with Crippen LogP contribution in [0.15, 0.2) is 48.8 Å². The Kier molecular flexibility index (Phi) is 7.60. The molecule has 3 heterocycles. The van der Waals surface area contributed by atoms with E-state index in [9.17, 15) is 9.90 Å². The first-order chi connectivity index (χ1) is 16.7. The van der Waals surface area contributed by atoms with Crippen LogP contribution in [-0.4, -0.2) is 40.7 Å². The molecule has 0 radical (unpaired) electrons. The van der Waals surface area contributed by atoms with E-state index in [2.05, 4.69) is 28.7 Å². The number of benzene rings is 1. The molecule has 1 saturated heterocycles. The summed E-state index contributed by atoms with van der Waals surface area (Å²) in [6.45, 7) is 8.74. The molecule has 0 bridgehead atoms. The molecular formula is C28H32ClN3O3. The molecule has 184 valence electrons. The smallest absolute Gasteiger partial charge is 0.307 e. The van der Waals surface area contributed by atoms with Crippen molar-refractivity contribution in [3.05, 3.63) is 70.6 Å². The lowest BCUT2D eigenvalue weighted by Gasteiger charge is -2.40. The first-order valence-corrected chi connectivity index (χ1v) is 12.4. The lowest BCUT2D eigenvalue weighted by Crippen LogP contribution is -2.38. The standard InChI is InChI=1S/C28H32ClN3O3/c1-19-23(16-26(33)34)27(32-13-11-28(2,3)12-14-32)24(18-30-19)25-9-8-22(17-31-25)35-15-10-20-4-6-21(29)7-5-20/h4-9,17-18H,10-16H2,1-3H3,(H,33,34). The third-order valence-corrected chi connectivity index (χ3v) is 6.96. The summed E-state index contributed by atoms with van der Waals surface area (Å²) in [7, 11) is 0. The molecule has 0 amide bonds. The molecule has 35 heavy (non-hydrogen) atoms. The normalized spacial score (nSPS) is 15.1. The number of aromatic nitrogens is 2. The second-order valence-electron chi connectivity index (χ2n) is 9.91. The Morgan fingerprint density at radius 2 is 1.80 bits per heavy atom. The molecule has 6 nitrogen and oxygen atoms in total. The molecular weight excluding hydrogens is 462 g/mol. The van der Waals surface area contributed by atoms with Crippen molar-refractivity contribution in [3.63, 3.8) is 0 Å². The van der Waals surface area contributed by atoms with E-state index < -0.39 is 5.97 Å². The van der Waals surface area contributed by atoms with Crippen LogP contribution in [0, 0.1) is 12.3 Å². The van der Waals surface area contributed by atoms with Crippen LogP contribution < -0.4 is 9.64 Å². The maximum Gasteiger partial charge on any atom is 0.307 e. The van der Waals surface area contributed by atoms with E-state index in [0.29, 0.717) is 12.4 Å². The molecule has 7 heteroatoms. The number of carboxylic acid groups (broad SMARTS) is 1. The van der Waals surface area contributed by atoms with Crippen molar-refractivity contribution in [3.8, 4) is 17.0 Å². The van der Waals surface area contributed by atoms with Crippen LogP contribution in [0.5, 0.6) is 5.75 Å². The SMILES string of the molecule is Cc1ncc(-c2ccc(OCCc3ccc(Cl)cc3)cn2)c(N2CCC(C)(C)CC2)c1CC(=O)O. The summed E-state index contributed by atoms with van der Waals surface area (Å²) in [5, 5.41) is 10.3. The largest absolute Gasteiger partial charge is 0.492 e. The van der Waals surface area contributed by atoms with Gasteiger partial charge in [0.25, 0.3) is 0 Å². The summed E-state index contributed by atoms with van der Waals surface area (Å²) < 4.78 is 5.90. The predicted molar refractivity (Wildman–Crippen MR) is 139 cm³/mol. The quantitative estimate of drug-likeness (QED) is 0.416. The number of halogens is 1. The van der Waals surface area contributed by atoms with Gasteiger partial charge in [0, 0.05) is 47.6 Å². The summed E-state index contributed by atoms with van der Waals surface area (Å²) in [4.78, 5) is 23.2. The molecule has 1 aliphatic heterocycles. The van der Waals surface area contributed by atoms with E-state index in [0.717, 1.165) is 71.1 Å². The number of piperidine rings is 1. The van der Waals surface area contributed by atoms with Gasteiger partial charge in [0.05, 0.1) is 30.6 Å². The first kappa shape index (κ1) is 25.0. The van der Waals surface area contributed by atoms with Gasteiger partial charge in [-0.25, -0.2) is 0 Å². The van der Waals surface area contributed by atoms with Crippen LogP contribution in [0.25, 0.3) is 11.3 Å². The van der Waals surface area contributed by atoms with Crippen molar-refractivity contribution in [1.29, 1.82) is 0 Å². The van der Waals surface area contributed by atoms with E-state index in [-0.39, 0.29) is 11.8 Å². The van der Waals surface area contributed by atoms with Gasteiger partial charge < -0.3 is 14.7 Å². The molecule has 0 saturated carbocycles. The Balaban J connectivity index is 1.56. The number of aliphatic carboxylic acids is 1. The van der Waals surface area contributed by atoms with Crippen molar-refractivity contribution < 1.29 is 14.6 Å². The van der Waals surface area contributed by atoms with Crippen LogP contribution >= 0.6 is 11.6 Å². The number of nitrogens with zero attached hydrogens (tertiary/aromatic N) is 3. The Hall–Kier alpha value is -3.12. The zero-order chi connectivity index (χ0) is 25.0. The molecule has 2 aromatic heterocycles. The summed E-state index contributed by atoms with van der Waals surface area (Å²) in [6.07, 6.45) is 6.35. The fourth-order valence-corrected chi connectivity index (χ4v) is 4.57. The molecule has 4 rings (SSSR count). The van der Waals surface area contributed by atoms with Gasteiger partial charge in [-0.05, 0) is 55.0 Å². The van der Waals surface area contributed by atoms with Crippen LogP contribution in [0.1, 0.15) is 43.5 Å². The van der Waals surface area contributed by atoms with Gasteiger partial charge in [-0.3, -0.25) is 14.8 Å². The number of rotatable bonds is 8. The highest BCUT2D eigenvalue weighted by Gasteiger charge is 2.29. The van der Waals surface area contributed by atoms with Gasteiger partial charge in [0.1, 0.15) is 5.75 Å². The van der Waals surface area contributed by atoms with Crippen molar-refractivity contribution in [1.82, 2.24) is 9.97 Å². The van der Waals surface area contributed by atoms with Crippen LogP contribution in [-0.2, 0) is 17.6 Å². The van der Waals surface area contributed by atoms with E-state index in [4.69, 9.17) is 16.3 Å². The monoisotopic (exact) mass is 493 g/mol. The second kappa shape index (κ2) is 10.6. The highest BCUT2D eigenvalue weighted by atomic mass is 35.5. The molecule has 0 atom stereocenters. The average molecular weight is 494 g/mol. The van der Waals surface area contributed by atoms with Crippen molar-refractivity contribution in [2.24, 2.45) is 5.41 Å². The topological polar surface area (TPSA) is 75.6 Å². The highest BCUT2D eigenvalue weighted by Crippen LogP contribution is 2.39. The maximum atomic E-state index is 11.7. The number of anilines is 1. The lowest BCUT2D eigenvalue weighted by molar-refractivity contribution is -0.136. The Labute approximate surface area is 211 Å². The van der Waals surface area contributed by atoms with Crippen molar-refractivity contribution in [2.75, 3.05) is 24.6 Å². The molecule has 1 aromatic carbocycles. The second-order valence-corrected chi connectivity index (χ2v) is 10.3. The predicted octanol–water partition coefficient (Wildman–Crippen LogP) is 5.98. The molecule has 0 unspecified atom stereocenters. The van der Waals surface area contributed by atoms with Gasteiger partial charge in [0.15, 0.2) is 0 Å². The fraction of sp³-hybridized carbons (Fsp3) is 0.393. The minimum absolute atomic E-state index is 0.0617. The fourth-order valence-electron chi connectivity index (χ4n) is 4.44. The Morgan fingerprint density at radius 1 is 1.09 bits per heavy atom. The van der Waals surface area contributed by atoms with E-state index in [1.807, 2.05) is 49.5 Å². The van der Waals surface area contributed by atoms with E-state index in [1.54, 1.807) is 6.20 Å². The van der Waals surface area contributed by atoms with Gasteiger partial charge in [0.2, 0.25) is 0 Å². The van der Waals surface area contributed by atoms with E-state index in [1.165, 1.54) is 0 Å². The van der Waals surface area contributed by atoms with Crippen molar-refractivity contribution in [2.45, 2.75) is 46.5 Å². The number of carbonyl (C=O) groups is 1. The van der Waals surface area contributed by atoms with Crippen molar-refractivity contribution >= 4 is 23.3 Å². The molecule has 0 aliphatic carbocycles. The number of ether oxygens (including phenoxy) is 1. The van der Waals surface area contributed by atoms with Gasteiger partial charge in [-0.2, -0.15) is 0 Å². The summed E-state index contributed by atoms with van der Waals surface area (Å²) in [5.74, 6) is -0.169. The zero-order valence-electron chi connectivity index (χ0n) is 20.6. The van der Waals surface area contributed by atoms with Crippen LogP contribution in [0.4, 0.5) is 5.69 Å². The Bertz CT molecular complexity index is 1170. The first-order valence-electron chi connectivity index (χ1n) is 12.0. The third kappa shape index (κ3) is 6.31. The minimum atomic E-state index is -0.858. The molecule has 3 aromatic rings. The highest BCUT2D eigenvalue weighted by molar-refractivity contribution is 6.30. The average Bonchev–Trinajstić information content (AvgIpc) is 2.82. The summed E-state index contributed by atoms with van der Waals surface area (Å²) in [5.41, 5.74) is 5.52. The van der Waals surface area contributed by atoms with Crippen LogP contribution in [0.3, 0.4) is 0 Å². The lowest BCUT2D eigenvalue weighted by atomic mass is 9.82. The molecule has 0 spiro atoms. The number of aryl methyl sites for hydroxylation is 1. The summed E-state index contributed by atoms with van der Waals surface area (Å²) in [6, 6.07) is 11.6. The number of pyridine rings is 2. The van der Waals surface area contributed by atoms with E-state index >= 15 is 0 Å². The summed E-state index contributed by atoms with van der Waals surface area (Å²) >= 11 is 5.95. The Morgan fingerprint density at radius 3 is 2.43 bits per heavy atom. The number of carboxylic acids is 1. The van der Waals surface area contributed by atoms with Gasteiger partial charge in [-0.15, -0.1) is 0 Å². The third-order valence-electron chi connectivity index (χ3n) is 6.71. The zero-order valence-corrected chi connectivity index (χ0v) is 21.3. The number of hydrogen-bond donors (Lipinski definition) is 1. The van der Waals surface area contributed by atoms with Gasteiger partial charge in [-0.1, -0.05) is 37.6 Å².